The minimum atomic E-state index is -4.53. The van der Waals surface area contributed by atoms with Crippen LogP contribution in [0.3, 0.4) is 0 Å². The second kappa shape index (κ2) is 10.1. The lowest BCUT2D eigenvalue weighted by Crippen LogP contribution is -2.50. The first kappa shape index (κ1) is 26.0. The summed E-state index contributed by atoms with van der Waals surface area (Å²) in [5, 5.41) is 0. The third-order valence-corrected chi connectivity index (χ3v) is 7.53. The van der Waals surface area contributed by atoms with Gasteiger partial charge < -0.3 is 14.2 Å². The Morgan fingerprint density at radius 3 is 2.46 bits per heavy atom. The molecule has 5 rings (SSSR count). The van der Waals surface area contributed by atoms with Crippen molar-refractivity contribution < 1.29 is 40.6 Å². The summed E-state index contributed by atoms with van der Waals surface area (Å²) in [6.07, 6.45) is -1.97. The molecule has 4 heterocycles. The molecule has 0 spiro atoms. The average molecular weight is 522 g/mol. The molecule has 4 aliphatic rings. The first-order chi connectivity index (χ1) is 16.4. The van der Waals surface area contributed by atoms with Gasteiger partial charge in [0.15, 0.2) is 0 Å². The Bertz CT molecular complexity index is 1030. The first-order valence-corrected chi connectivity index (χ1v) is 13.6. The number of aromatic nitrogens is 1. The van der Waals surface area contributed by atoms with E-state index in [2.05, 4.69) is 9.71 Å². The van der Waals surface area contributed by atoms with Crippen molar-refractivity contribution in [3.63, 3.8) is 0 Å². The van der Waals surface area contributed by atoms with Gasteiger partial charge in [0.2, 0.25) is 15.9 Å². The van der Waals surface area contributed by atoms with E-state index in [9.17, 15) is 26.4 Å². The number of hydrogen-bond acceptors (Lipinski definition) is 7. The van der Waals surface area contributed by atoms with Gasteiger partial charge in [-0.15, -0.1) is 0 Å². The number of nitrogens with zero attached hydrogens (tertiary/aromatic N) is 2. The van der Waals surface area contributed by atoms with Crippen molar-refractivity contribution >= 4 is 16.1 Å². The summed E-state index contributed by atoms with van der Waals surface area (Å²) in [6, 6.07) is 0.750. The smallest absolute Gasteiger partial charge is 0.418 e. The molecule has 13 heteroatoms. The minimum absolute atomic E-state index is 0.0363. The topological polar surface area (TPSA) is 107 Å². The number of ether oxygens (including phenoxy) is 3. The van der Waals surface area contributed by atoms with Crippen LogP contribution in [-0.2, 0) is 25.7 Å². The number of sulfonamides is 1. The molecule has 1 saturated heterocycles. The molecule has 35 heavy (non-hydrogen) atoms. The van der Waals surface area contributed by atoms with Crippen molar-refractivity contribution in [1.82, 2.24) is 14.6 Å². The normalized spacial score (nSPS) is 30.5. The van der Waals surface area contributed by atoms with Crippen LogP contribution in [0, 0.1) is 0 Å². The summed E-state index contributed by atoms with van der Waals surface area (Å²) < 4.78 is 84.2. The summed E-state index contributed by atoms with van der Waals surface area (Å²) in [7, 11) is -3.53. The van der Waals surface area contributed by atoms with Gasteiger partial charge >= 0.3 is 12.3 Å². The van der Waals surface area contributed by atoms with Crippen LogP contribution < -0.4 is 9.46 Å². The van der Waals surface area contributed by atoms with Crippen molar-refractivity contribution in [3.8, 4) is 5.88 Å². The van der Waals surface area contributed by atoms with Crippen molar-refractivity contribution in [2.24, 2.45) is 0 Å². The highest BCUT2D eigenvalue weighted by Gasteiger charge is 2.44. The molecule has 3 aliphatic heterocycles. The number of rotatable bonds is 2. The number of amides is 1. The third-order valence-electron chi connectivity index (χ3n) is 6.79. The molecule has 196 valence electrons. The van der Waals surface area contributed by atoms with Gasteiger partial charge in [-0.25, -0.2) is 22.9 Å². The fourth-order valence-corrected chi connectivity index (χ4v) is 6.05. The van der Waals surface area contributed by atoms with E-state index in [4.69, 9.17) is 14.2 Å². The van der Waals surface area contributed by atoms with Gasteiger partial charge in [0.05, 0.1) is 36.3 Å². The van der Waals surface area contributed by atoms with Crippen LogP contribution in [0.4, 0.5) is 18.0 Å². The van der Waals surface area contributed by atoms with Crippen LogP contribution in [0.2, 0.25) is 0 Å². The van der Waals surface area contributed by atoms with Gasteiger partial charge in [0.1, 0.15) is 13.2 Å². The Balaban J connectivity index is 1.58. The zero-order chi connectivity index (χ0) is 25.4. The van der Waals surface area contributed by atoms with Crippen molar-refractivity contribution in [3.05, 3.63) is 23.4 Å². The lowest BCUT2D eigenvalue weighted by molar-refractivity contribution is -0.138. The zero-order valence-corrected chi connectivity index (χ0v) is 20.4. The van der Waals surface area contributed by atoms with Gasteiger partial charge in [0.25, 0.3) is 0 Å². The van der Waals surface area contributed by atoms with Crippen molar-refractivity contribution in [2.45, 2.75) is 75.4 Å². The maximum absolute atomic E-state index is 13.6. The number of carbonyl (C=O) groups excluding carboxylic acids is 1. The van der Waals surface area contributed by atoms with Crippen LogP contribution in [0.1, 0.15) is 56.2 Å². The van der Waals surface area contributed by atoms with Crippen LogP contribution in [0.25, 0.3) is 0 Å². The van der Waals surface area contributed by atoms with Crippen molar-refractivity contribution in [1.29, 1.82) is 0 Å². The van der Waals surface area contributed by atoms with E-state index >= 15 is 0 Å². The highest BCUT2D eigenvalue weighted by atomic mass is 32.2. The first-order valence-electron chi connectivity index (χ1n) is 11.7. The fourth-order valence-electron chi connectivity index (χ4n) is 5.25. The number of fused-ring (bicyclic) bond motifs is 7. The number of pyridine rings is 1. The standard InChI is InChI=1S/C22H30F3N3O6S/c1-13-11-17(27-35(2,30)31)18-12-34-15-5-3-14(4-6-15)20-16(22(23,24)25)7-8-19(26-20)32-9-10-33-21(29)28(13)18/h7-8,13-15,17-18,27H,3-6,9-12H2,1-2H3. The maximum Gasteiger partial charge on any atom is 0.418 e. The van der Waals surface area contributed by atoms with E-state index < -0.39 is 39.9 Å². The van der Waals surface area contributed by atoms with E-state index in [-0.39, 0.29) is 49.5 Å². The molecular weight excluding hydrogens is 491 g/mol. The van der Waals surface area contributed by atoms with E-state index in [1.54, 1.807) is 0 Å². The molecule has 1 aliphatic carbocycles. The van der Waals surface area contributed by atoms with Gasteiger partial charge in [-0.1, -0.05) is 0 Å². The number of hydrogen-bond donors (Lipinski definition) is 1. The fraction of sp³-hybridized carbons (Fsp3) is 0.727. The lowest BCUT2D eigenvalue weighted by atomic mass is 9.83. The summed E-state index contributed by atoms with van der Waals surface area (Å²) in [4.78, 5) is 18.5. The van der Waals surface area contributed by atoms with Gasteiger partial charge in [-0.3, -0.25) is 4.90 Å². The predicted molar refractivity (Wildman–Crippen MR) is 119 cm³/mol. The summed E-state index contributed by atoms with van der Waals surface area (Å²) >= 11 is 0. The Labute approximate surface area is 202 Å². The van der Waals surface area contributed by atoms with Gasteiger partial charge in [-0.05, 0) is 45.1 Å². The Morgan fingerprint density at radius 1 is 1.11 bits per heavy atom. The molecule has 0 radical (unpaired) electrons. The van der Waals surface area contributed by atoms with E-state index in [0.717, 1.165) is 12.3 Å². The Kier molecular flexibility index (Phi) is 7.49. The number of nitrogens with one attached hydrogen (secondary N) is 1. The highest BCUT2D eigenvalue weighted by molar-refractivity contribution is 7.88. The molecule has 9 nitrogen and oxygen atoms in total. The highest BCUT2D eigenvalue weighted by Crippen LogP contribution is 2.41. The molecule has 1 saturated carbocycles. The van der Waals surface area contributed by atoms with E-state index in [0.29, 0.717) is 32.1 Å². The van der Waals surface area contributed by atoms with Gasteiger partial charge in [-0.2, -0.15) is 13.2 Å². The summed E-state index contributed by atoms with van der Waals surface area (Å²) in [5.74, 6) is -0.345. The van der Waals surface area contributed by atoms with E-state index in [1.165, 1.54) is 11.0 Å². The quantitative estimate of drug-likeness (QED) is 0.638. The number of alkyl halides is 3. The Morgan fingerprint density at radius 2 is 1.80 bits per heavy atom. The number of halogens is 3. The number of carbonyl (C=O) groups is 1. The average Bonchev–Trinajstić information content (AvgIpc) is 3.07. The molecular formula is C22H30F3N3O6S. The second-order valence-corrected chi connectivity index (χ2v) is 11.2. The molecule has 0 aromatic carbocycles. The lowest BCUT2D eigenvalue weighted by Gasteiger charge is -2.33. The molecule has 4 bridgehead atoms. The minimum Gasteiger partial charge on any atom is -0.474 e. The third kappa shape index (κ3) is 6.18. The molecule has 2 fully saturated rings. The monoisotopic (exact) mass is 521 g/mol. The van der Waals surface area contributed by atoms with Crippen LogP contribution in [0.15, 0.2) is 12.1 Å². The summed E-state index contributed by atoms with van der Waals surface area (Å²) in [6.45, 7) is 1.65. The Hall–Kier alpha value is -2.12. The molecule has 1 amide bonds. The zero-order valence-electron chi connectivity index (χ0n) is 19.6. The van der Waals surface area contributed by atoms with Crippen LogP contribution in [0.5, 0.6) is 5.88 Å². The predicted octanol–water partition coefficient (Wildman–Crippen LogP) is 3.05. The second-order valence-electron chi connectivity index (χ2n) is 9.41. The van der Waals surface area contributed by atoms with E-state index in [1.807, 2.05) is 6.92 Å². The van der Waals surface area contributed by atoms with Crippen LogP contribution in [-0.4, -0.2) is 74.7 Å². The van der Waals surface area contributed by atoms with Gasteiger partial charge in [0, 0.05) is 24.1 Å². The molecule has 1 aromatic heterocycles. The largest absolute Gasteiger partial charge is 0.474 e. The molecule has 1 aromatic rings. The summed E-state index contributed by atoms with van der Waals surface area (Å²) in [5.41, 5.74) is -0.808. The molecule has 3 atom stereocenters. The molecule has 3 unspecified atom stereocenters. The molecule has 1 N–H and O–H groups in total. The maximum atomic E-state index is 13.6. The van der Waals surface area contributed by atoms with Crippen LogP contribution >= 0.6 is 0 Å². The van der Waals surface area contributed by atoms with Crippen molar-refractivity contribution in [2.75, 3.05) is 26.1 Å². The SMILES string of the molecule is CC1CC(NS(C)(=O)=O)C2COC3CCC(CC3)c3nc(ccc3C(F)(F)F)OCCOC(=O)N12.